The molecular weight excluding hydrogens is 421 g/mol. The van der Waals surface area contributed by atoms with Gasteiger partial charge in [0.05, 0.1) is 11.7 Å². The predicted octanol–water partition coefficient (Wildman–Crippen LogP) is 5.99. The van der Waals surface area contributed by atoms with Crippen LogP contribution in [0.2, 0.25) is 0 Å². The third-order valence-corrected chi connectivity index (χ3v) is 6.63. The molecule has 0 radical (unpaired) electrons. The first-order valence-corrected chi connectivity index (χ1v) is 11.6. The summed E-state index contributed by atoms with van der Waals surface area (Å²) in [7, 11) is 0. The summed E-state index contributed by atoms with van der Waals surface area (Å²) < 4.78 is 13.4. The van der Waals surface area contributed by atoms with Gasteiger partial charge in [0.2, 0.25) is 0 Å². The van der Waals surface area contributed by atoms with Gasteiger partial charge in [0.25, 0.3) is 5.91 Å². The van der Waals surface area contributed by atoms with Gasteiger partial charge in [0, 0.05) is 22.6 Å². The molecule has 1 atom stereocenters. The summed E-state index contributed by atoms with van der Waals surface area (Å²) in [6.07, 6.45) is 2.04. The van der Waals surface area contributed by atoms with Crippen LogP contribution >= 0.6 is 11.8 Å². The molecule has 0 fully saturated rings. The fraction of sp³-hybridized carbons (Fsp3) is 0.154. The smallest absolute Gasteiger partial charge is 0.273 e. The number of thioether (sulfide) groups is 1. The molecule has 4 aromatic rings. The van der Waals surface area contributed by atoms with Crippen LogP contribution in [0.5, 0.6) is 0 Å². The van der Waals surface area contributed by atoms with E-state index in [1.54, 1.807) is 23.9 Å². The van der Waals surface area contributed by atoms with E-state index in [1.165, 1.54) is 17.7 Å². The Kier molecular flexibility index (Phi) is 5.31. The van der Waals surface area contributed by atoms with E-state index in [0.717, 1.165) is 32.8 Å². The monoisotopic (exact) mass is 443 g/mol. The Morgan fingerprint density at radius 3 is 2.34 bits per heavy atom. The van der Waals surface area contributed by atoms with Crippen molar-refractivity contribution in [2.45, 2.75) is 24.4 Å². The highest BCUT2D eigenvalue weighted by Crippen LogP contribution is 2.43. The summed E-state index contributed by atoms with van der Waals surface area (Å²) in [5.74, 6) is -0.393. The highest BCUT2D eigenvalue weighted by Gasteiger charge is 2.42. The number of rotatable bonds is 5. The van der Waals surface area contributed by atoms with Gasteiger partial charge >= 0.3 is 0 Å². The largest absolute Gasteiger partial charge is 0.322 e. The molecule has 4 nitrogen and oxygen atoms in total. The number of nitrogens with one attached hydrogen (secondary N) is 1. The number of amides is 1. The number of hydrogen-bond acceptors (Lipinski definition) is 3. The molecule has 1 unspecified atom stereocenters. The number of benzene rings is 3. The first-order chi connectivity index (χ1) is 15.5. The van der Waals surface area contributed by atoms with Crippen LogP contribution in [0.25, 0.3) is 11.3 Å². The second-order valence-electron chi connectivity index (χ2n) is 7.96. The summed E-state index contributed by atoms with van der Waals surface area (Å²) in [4.78, 5) is 16.4. The van der Waals surface area contributed by atoms with E-state index in [4.69, 9.17) is 0 Å². The first kappa shape index (κ1) is 20.5. The zero-order valence-corrected chi connectivity index (χ0v) is 18.6. The third-order valence-electron chi connectivity index (χ3n) is 5.89. The maximum absolute atomic E-state index is 13.5. The number of H-pyrrole nitrogens is 1. The minimum atomic E-state index is -0.290. The van der Waals surface area contributed by atoms with Crippen LogP contribution in [0.4, 0.5) is 4.39 Å². The minimum Gasteiger partial charge on any atom is -0.322 e. The lowest BCUT2D eigenvalue weighted by Crippen LogP contribution is -2.29. The molecule has 1 aromatic heterocycles. The molecular formula is C26H22FN3OS. The third kappa shape index (κ3) is 3.60. The molecule has 5 rings (SSSR count). The van der Waals surface area contributed by atoms with Crippen molar-refractivity contribution < 1.29 is 9.18 Å². The molecule has 160 valence electrons. The van der Waals surface area contributed by atoms with E-state index in [2.05, 4.69) is 34.5 Å². The normalized spacial score (nSPS) is 15.3. The number of fused-ring (bicyclic) bond motifs is 1. The topological polar surface area (TPSA) is 49.0 Å². The number of aryl methyl sites for hydroxylation is 1. The van der Waals surface area contributed by atoms with Crippen molar-refractivity contribution in [2.75, 3.05) is 6.26 Å². The van der Waals surface area contributed by atoms with Crippen molar-refractivity contribution in [2.24, 2.45) is 0 Å². The average molecular weight is 444 g/mol. The SMILES string of the molecule is CSc1ccc(C2c3c(-c4ccc(C)cc4)n[nH]c3C(=O)N2Cc2ccc(F)cc2)cc1. The second kappa shape index (κ2) is 8.28. The van der Waals surface area contributed by atoms with Gasteiger partial charge in [-0.3, -0.25) is 9.89 Å². The van der Waals surface area contributed by atoms with Gasteiger partial charge in [0.15, 0.2) is 0 Å². The summed E-state index contributed by atoms with van der Waals surface area (Å²) in [5, 5.41) is 7.52. The van der Waals surface area contributed by atoms with Crippen molar-refractivity contribution in [1.29, 1.82) is 0 Å². The Bertz CT molecular complexity index is 1260. The van der Waals surface area contributed by atoms with Gasteiger partial charge in [-0.05, 0) is 48.6 Å². The van der Waals surface area contributed by atoms with Gasteiger partial charge in [-0.25, -0.2) is 4.39 Å². The highest BCUT2D eigenvalue weighted by atomic mass is 32.2. The first-order valence-electron chi connectivity index (χ1n) is 10.4. The highest BCUT2D eigenvalue weighted by molar-refractivity contribution is 7.98. The molecule has 6 heteroatoms. The molecule has 1 N–H and O–H groups in total. The van der Waals surface area contributed by atoms with Crippen molar-refractivity contribution >= 4 is 17.7 Å². The van der Waals surface area contributed by atoms with E-state index in [9.17, 15) is 9.18 Å². The minimum absolute atomic E-state index is 0.103. The van der Waals surface area contributed by atoms with Crippen molar-refractivity contribution in [3.8, 4) is 11.3 Å². The molecule has 0 spiro atoms. The Hall–Kier alpha value is -3.38. The zero-order valence-electron chi connectivity index (χ0n) is 17.8. The maximum Gasteiger partial charge on any atom is 0.273 e. The summed E-state index contributed by atoms with van der Waals surface area (Å²) in [5.41, 5.74) is 6.22. The van der Waals surface area contributed by atoms with Gasteiger partial charge < -0.3 is 4.90 Å². The van der Waals surface area contributed by atoms with Crippen molar-refractivity contribution in [3.63, 3.8) is 0 Å². The van der Waals surface area contributed by atoms with Crippen LogP contribution in [0.15, 0.2) is 77.7 Å². The van der Waals surface area contributed by atoms with Crippen molar-refractivity contribution in [1.82, 2.24) is 15.1 Å². The van der Waals surface area contributed by atoms with E-state index < -0.39 is 0 Å². The molecule has 1 aliphatic heterocycles. The second-order valence-corrected chi connectivity index (χ2v) is 8.84. The molecule has 0 bridgehead atoms. The number of carbonyl (C=O) groups excluding carboxylic acids is 1. The van der Waals surface area contributed by atoms with Crippen LogP contribution in [0.3, 0.4) is 0 Å². The molecule has 1 aliphatic rings. The molecule has 0 saturated carbocycles. The average Bonchev–Trinajstić information content (AvgIpc) is 3.35. The van der Waals surface area contributed by atoms with Crippen LogP contribution in [-0.4, -0.2) is 27.3 Å². The van der Waals surface area contributed by atoms with Gasteiger partial charge in [-0.1, -0.05) is 54.1 Å². The number of carbonyl (C=O) groups is 1. The van der Waals surface area contributed by atoms with Gasteiger partial charge in [0.1, 0.15) is 11.5 Å². The lowest BCUT2D eigenvalue weighted by atomic mass is 9.95. The number of aromatic amines is 1. The van der Waals surface area contributed by atoms with Crippen LogP contribution in [-0.2, 0) is 6.54 Å². The van der Waals surface area contributed by atoms with Gasteiger partial charge in [-0.2, -0.15) is 5.10 Å². The number of hydrogen-bond donors (Lipinski definition) is 1. The van der Waals surface area contributed by atoms with Crippen molar-refractivity contribution in [3.05, 3.63) is 107 Å². The molecule has 32 heavy (non-hydrogen) atoms. The van der Waals surface area contributed by atoms with Crippen LogP contribution in [0, 0.1) is 12.7 Å². The fourth-order valence-electron chi connectivity index (χ4n) is 4.21. The molecule has 2 heterocycles. The predicted molar refractivity (Wildman–Crippen MR) is 125 cm³/mol. The number of halogens is 1. The van der Waals surface area contributed by atoms with Crippen LogP contribution < -0.4 is 0 Å². The summed E-state index contributed by atoms with van der Waals surface area (Å²) in [6.45, 7) is 2.42. The van der Waals surface area contributed by atoms with E-state index in [1.807, 2.05) is 42.3 Å². The van der Waals surface area contributed by atoms with Crippen LogP contribution in [0.1, 0.15) is 38.8 Å². The lowest BCUT2D eigenvalue weighted by Gasteiger charge is -2.26. The Morgan fingerprint density at radius 2 is 1.69 bits per heavy atom. The maximum atomic E-state index is 13.5. The quantitative estimate of drug-likeness (QED) is 0.385. The van der Waals surface area contributed by atoms with E-state index >= 15 is 0 Å². The summed E-state index contributed by atoms with van der Waals surface area (Å²) in [6, 6.07) is 22.5. The standard InChI is InChI=1S/C26H22FN3OS/c1-16-3-7-18(8-4-16)23-22-24(29-28-23)26(31)30(15-17-5-11-20(27)12-6-17)25(22)19-9-13-21(32-2)14-10-19/h3-14,25H,15H2,1-2H3,(H,28,29). The summed E-state index contributed by atoms with van der Waals surface area (Å²) >= 11 is 1.68. The molecule has 0 aliphatic carbocycles. The zero-order chi connectivity index (χ0) is 22.2. The molecule has 3 aromatic carbocycles. The lowest BCUT2D eigenvalue weighted by molar-refractivity contribution is 0.0730. The Labute approximate surface area is 190 Å². The number of aromatic nitrogens is 2. The molecule has 1 amide bonds. The Balaban J connectivity index is 1.62. The van der Waals surface area contributed by atoms with Gasteiger partial charge in [-0.15, -0.1) is 11.8 Å². The molecule has 0 saturated heterocycles. The fourth-order valence-corrected chi connectivity index (χ4v) is 4.62. The van der Waals surface area contributed by atoms with E-state index in [-0.39, 0.29) is 17.8 Å². The van der Waals surface area contributed by atoms with E-state index in [0.29, 0.717) is 12.2 Å². The Morgan fingerprint density at radius 1 is 1.00 bits per heavy atom. The number of nitrogens with zero attached hydrogens (tertiary/aromatic N) is 2.